The number of hydrogen-bond acceptors (Lipinski definition) is 6. The van der Waals surface area contributed by atoms with Gasteiger partial charge in [0.25, 0.3) is 0 Å². The van der Waals surface area contributed by atoms with Crippen molar-refractivity contribution in [3.05, 3.63) is 12.1 Å². The number of piperazine rings is 1. The number of hydrogen-bond donors (Lipinski definition) is 1. The van der Waals surface area contributed by atoms with Gasteiger partial charge >= 0.3 is 0 Å². The quantitative estimate of drug-likeness (QED) is 0.773. The van der Waals surface area contributed by atoms with E-state index in [1.807, 2.05) is 12.1 Å². The van der Waals surface area contributed by atoms with Gasteiger partial charge in [0.1, 0.15) is 0 Å². The molecule has 2 saturated heterocycles. The largest absolute Gasteiger partial charge is 0.397 e. The van der Waals surface area contributed by atoms with Gasteiger partial charge in [0.15, 0.2) is 11.0 Å². The Morgan fingerprint density at radius 3 is 3.00 bits per heavy atom. The molecule has 3 heterocycles. The SMILES string of the molecule is Nc1ccc(N2CCN3CCCC3C2)c2nonc12. The molecule has 1 aromatic carbocycles. The number of nitrogens with zero attached hydrogens (tertiary/aromatic N) is 4. The molecule has 0 amide bonds. The number of anilines is 2. The molecule has 2 fully saturated rings. The fourth-order valence-electron chi connectivity index (χ4n) is 3.34. The number of aromatic nitrogens is 2. The second kappa shape index (κ2) is 4.09. The number of fused-ring (bicyclic) bond motifs is 2. The summed E-state index contributed by atoms with van der Waals surface area (Å²) >= 11 is 0. The molecule has 2 aliphatic rings. The molecule has 2 aliphatic heterocycles. The maximum absolute atomic E-state index is 5.90. The molecule has 0 radical (unpaired) electrons. The van der Waals surface area contributed by atoms with Crippen molar-refractivity contribution in [2.45, 2.75) is 18.9 Å². The van der Waals surface area contributed by atoms with Crippen LogP contribution in [0.15, 0.2) is 16.8 Å². The molecule has 4 rings (SSSR count). The standard InChI is InChI=1S/C13H17N5O/c14-10-3-4-11(13-12(10)15-19-16-13)18-7-6-17-5-1-2-9(17)8-18/h3-4,9H,1-2,5-8,14H2. The number of benzene rings is 1. The highest BCUT2D eigenvalue weighted by atomic mass is 16.6. The van der Waals surface area contributed by atoms with Crippen LogP contribution in [-0.2, 0) is 0 Å². The van der Waals surface area contributed by atoms with Gasteiger partial charge in [-0.2, -0.15) is 0 Å². The zero-order valence-electron chi connectivity index (χ0n) is 10.7. The van der Waals surface area contributed by atoms with E-state index in [1.54, 1.807) is 0 Å². The molecule has 19 heavy (non-hydrogen) atoms. The third-order valence-corrected chi connectivity index (χ3v) is 4.35. The maximum atomic E-state index is 5.90. The maximum Gasteiger partial charge on any atom is 0.160 e. The number of nitrogen functional groups attached to an aromatic ring is 1. The topological polar surface area (TPSA) is 71.4 Å². The fraction of sp³-hybridized carbons (Fsp3) is 0.538. The molecular weight excluding hydrogens is 242 g/mol. The Kier molecular flexibility index (Phi) is 2.38. The first-order valence-electron chi connectivity index (χ1n) is 6.82. The molecular formula is C13H17N5O. The third kappa shape index (κ3) is 1.67. The van der Waals surface area contributed by atoms with Crippen molar-refractivity contribution in [3.63, 3.8) is 0 Å². The molecule has 1 aromatic heterocycles. The molecule has 0 spiro atoms. The van der Waals surface area contributed by atoms with Crippen LogP contribution in [0.5, 0.6) is 0 Å². The van der Waals surface area contributed by atoms with Gasteiger partial charge in [-0.1, -0.05) is 0 Å². The summed E-state index contributed by atoms with van der Waals surface area (Å²) in [4.78, 5) is 4.98. The first-order chi connectivity index (χ1) is 9.33. The Labute approximate surface area is 111 Å². The van der Waals surface area contributed by atoms with Crippen LogP contribution in [0.3, 0.4) is 0 Å². The second-order valence-electron chi connectivity index (χ2n) is 5.41. The van der Waals surface area contributed by atoms with E-state index < -0.39 is 0 Å². The van der Waals surface area contributed by atoms with Crippen LogP contribution in [-0.4, -0.2) is 47.4 Å². The highest BCUT2D eigenvalue weighted by molar-refractivity contribution is 5.95. The van der Waals surface area contributed by atoms with Gasteiger partial charge in [0.05, 0.1) is 11.4 Å². The zero-order valence-corrected chi connectivity index (χ0v) is 10.7. The summed E-state index contributed by atoms with van der Waals surface area (Å²) in [6, 6.07) is 4.61. The molecule has 0 aliphatic carbocycles. The summed E-state index contributed by atoms with van der Waals surface area (Å²) in [5.74, 6) is 0. The van der Waals surface area contributed by atoms with Crippen LogP contribution in [0.25, 0.3) is 11.0 Å². The van der Waals surface area contributed by atoms with E-state index in [1.165, 1.54) is 19.4 Å². The first-order valence-corrected chi connectivity index (χ1v) is 6.82. The van der Waals surface area contributed by atoms with Crippen molar-refractivity contribution >= 4 is 22.4 Å². The van der Waals surface area contributed by atoms with Crippen molar-refractivity contribution in [1.82, 2.24) is 15.2 Å². The van der Waals surface area contributed by atoms with E-state index in [0.29, 0.717) is 17.2 Å². The summed E-state index contributed by atoms with van der Waals surface area (Å²) in [7, 11) is 0. The predicted octanol–water partition coefficient (Wildman–Crippen LogP) is 1.09. The van der Waals surface area contributed by atoms with E-state index in [9.17, 15) is 0 Å². The van der Waals surface area contributed by atoms with E-state index in [-0.39, 0.29) is 0 Å². The molecule has 6 heteroatoms. The van der Waals surface area contributed by atoms with Crippen LogP contribution in [0.1, 0.15) is 12.8 Å². The van der Waals surface area contributed by atoms with Crippen LogP contribution >= 0.6 is 0 Å². The highest BCUT2D eigenvalue weighted by Gasteiger charge is 2.31. The number of nitrogens with two attached hydrogens (primary N) is 1. The summed E-state index contributed by atoms with van der Waals surface area (Å²) in [6.45, 7) is 4.47. The molecule has 1 unspecified atom stereocenters. The lowest BCUT2D eigenvalue weighted by Crippen LogP contribution is -2.50. The lowest BCUT2D eigenvalue weighted by molar-refractivity contribution is 0.231. The molecule has 0 saturated carbocycles. The Hall–Kier alpha value is -1.82. The lowest BCUT2D eigenvalue weighted by atomic mass is 10.1. The van der Waals surface area contributed by atoms with Crippen LogP contribution in [0.2, 0.25) is 0 Å². The second-order valence-corrected chi connectivity index (χ2v) is 5.41. The lowest BCUT2D eigenvalue weighted by Gasteiger charge is -2.38. The van der Waals surface area contributed by atoms with Crippen LogP contribution in [0.4, 0.5) is 11.4 Å². The minimum atomic E-state index is 0.625. The van der Waals surface area contributed by atoms with E-state index >= 15 is 0 Å². The van der Waals surface area contributed by atoms with E-state index in [4.69, 9.17) is 10.4 Å². The molecule has 100 valence electrons. The zero-order chi connectivity index (χ0) is 12.8. The Morgan fingerprint density at radius 2 is 2.05 bits per heavy atom. The molecule has 6 nitrogen and oxygen atoms in total. The van der Waals surface area contributed by atoms with Gasteiger partial charge in [-0.25, -0.2) is 4.63 Å². The first kappa shape index (κ1) is 11.0. The Balaban J connectivity index is 1.71. The summed E-state index contributed by atoms with van der Waals surface area (Å²) in [5.41, 5.74) is 9.07. The summed E-state index contributed by atoms with van der Waals surface area (Å²) < 4.78 is 4.85. The van der Waals surface area contributed by atoms with Crippen molar-refractivity contribution in [2.24, 2.45) is 0 Å². The van der Waals surface area contributed by atoms with Gasteiger partial charge in [-0.3, -0.25) is 4.90 Å². The molecule has 1 atom stereocenters. The molecule has 2 aromatic rings. The molecule has 2 N–H and O–H groups in total. The van der Waals surface area contributed by atoms with E-state index in [0.717, 1.165) is 30.8 Å². The van der Waals surface area contributed by atoms with Crippen molar-refractivity contribution < 1.29 is 4.63 Å². The van der Waals surface area contributed by atoms with Crippen LogP contribution in [0, 0.1) is 0 Å². The monoisotopic (exact) mass is 259 g/mol. The van der Waals surface area contributed by atoms with Gasteiger partial charge in [-0.05, 0) is 41.8 Å². The average molecular weight is 259 g/mol. The van der Waals surface area contributed by atoms with Crippen molar-refractivity contribution in [3.8, 4) is 0 Å². The average Bonchev–Trinajstić information content (AvgIpc) is 3.07. The van der Waals surface area contributed by atoms with Gasteiger partial charge in [0.2, 0.25) is 0 Å². The Bertz CT molecular complexity index is 610. The minimum absolute atomic E-state index is 0.625. The highest BCUT2D eigenvalue weighted by Crippen LogP contribution is 2.31. The smallest absolute Gasteiger partial charge is 0.160 e. The summed E-state index contributed by atoms with van der Waals surface area (Å²) in [5, 5.41) is 7.91. The fourth-order valence-corrected chi connectivity index (χ4v) is 3.34. The third-order valence-electron chi connectivity index (χ3n) is 4.35. The van der Waals surface area contributed by atoms with Crippen molar-refractivity contribution in [1.29, 1.82) is 0 Å². The van der Waals surface area contributed by atoms with Gasteiger partial charge in [0, 0.05) is 25.7 Å². The summed E-state index contributed by atoms with van der Waals surface area (Å²) in [6.07, 6.45) is 2.62. The minimum Gasteiger partial charge on any atom is -0.397 e. The van der Waals surface area contributed by atoms with E-state index in [2.05, 4.69) is 20.1 Å². The number of rotatable bonds is 1. The van der Waals surface area contributed by atoms with Gasteiger partial charge < -0.3 is 10.6 Å². The van der Waals surface area contributed by atoms with Crippen molar-refractivity contribution in [2.75, 3.05) is 36.8 Å². The Morgan fingerprint density at radius 1 is 1.16 bits per heavy atom. The predicted molar refractivity (Wildman–Crippen MR) is 73.0 cm³/mol. The van der Waals surface area contributed by atoms with Gasteiger partial charge in [-0.15, -0.1) is 0 Å². The van der Waals surface area contributed by atoms with Crippen LogP contribution < -0.4 is 10.6 Å². The normalized spacial score (nSPS) is 24.0. The molecule has 0 bridgehead atoms.